The third-order valence-corrected chi connectivity index (χ3v) is 4.36. The molecule has 0 aliphatic rings. The van der Waals surface area contributed by atoms with Crippen LogP contribution in [0.5, 0.6) is 0 Å². The number of carbonyl (C=O) groups excluding carboxylic acids is 2. The molecule has 0 bridgehead atoms. The lowest BCUT2D eigenvalue weighted by atomic mass is 10.2. The van der Waals surface area contributed by atoms with Crippen LogP contribution in [-0.2, 0) is 0 Å². The highest BCUT2D eigenvalue weighted by molar-refractivity contribution is 14.1. The fourth-order valence-electron chi connectivity index (χ4n) is 1.82. The Morgan fingerprint density at radius 2 is 1.43 bits per heavy atom. The monoisotopic (exact) mass is 462 g/mol. The van der Waals surface area contributed by atoms with Crippen molar-refractivity contribution in [2.45, 2.75) is 0 Å². The fraction of sp³-hybridized carbons (Fsp3) is 0.125. The van der Waals surface area contributed by atoms with E-state index in [1.165, 1.54) is 0 Å². The van der Waals surface area contributed by atoms with Gasteiger partial charge in [0.1, 0.15) is 0 Å². The maximum Gasteiger partial charge on any atom is 0.252 e. The van der Waals surface area contributed by atoms with Gasteiger partial charge in [-0.25, -0.2) is 0 Å². The van der Waals surface area contributed by atoms with Crippen LogP contribution in [0.2, 0.25) is 10.0 Å². The number of rotatable bonds is 5. The smallest absolute Gasteiger partial charge is 0.252 e. The van der Waals surface area contributed by atoms with Crippen molar-refractivity contribution in [1.29, 1.82) is 0 Å². The van der Waals surface area contributed by atoms with Crippen LogP contribution in [0.4, 0.5) is 0 Å². The highest BCUT2D eigenvalue weighted by Gasteiger charge is 2.10. The second kappa shape index (κ2) is 8.52. The Balaban J connectivity index is 1.79. The third-order valence-electron chi connectivity index (χ3n) is 2.98. The van der Waals surface area contributed by atoms with E-state index < -0.39 is 0 Å². The molecule has 2 aromatic carbocycles. The molecule has 0 atom stereocenters. The Hall–Kier alpha value is -1.31. The zero-order valence-corrected chi connectivity index (χ0v) is 15.6. The molecule has 0 unspecified atom stereocenters. The van der Waals surface area contributed by atoms with Gasteiger partial charge in [0.25, 0.3) is 11.8 Å². The largest absolute Gasteiger partial charge is 0.350 e. The molecule has 0 aromatic heterocycles. The average Bonchev–Trinajstić information content (AvgIpc) is 2.51. The maximum atomic E-state index is 12.0. The van der Waals surface area contributed by atoms with Gasteiger partial charge in [-0.15, -0.1) is 0 Å². The van der Waals surface area contributed by atoms with Crippen LogP contribution >= 0.6 is 45.8 Å². The number of hydrogen-bond acceptors (Lipinski definition) is 2. The zero-order valence-electron chi connectivity index (χ0n) is 11.9. The standard InChI is InChI=1S/C16H13Cl2IN2O2/c17-11-3-1-10(2-4-11)15(22)20-7-8-21-16(23)13-6-5-12(18)9-14(13)19/h1-6,9H,7-8H2,(H,20,22)(H,21,23). The van der Waals surface area contributed by atoms with Crippen LogP contribution in [0.3, 0.4) is 0 Å². The van der Waals surface area contributed by atoms with Gasteiger partial charge in [-0.1, -0.05) is 23.2 Å². The Kier molecular flexibility index (Phi) is 6.68. The van der Waals surface area contributed by atoms with E-state index in [1.807, 2.05) is 0 Å². The predicted octanol–water partition coefficient (Wildman–Crippen LogP) is 3.76. The van der Waals surface area contributed by atoms with Crippen LogP contribution in [-0.4, -0.2) is 24.9 Å². The van der Waals surface area contributed by atoms with Crippen LogP contribution in [0.15, 0.2) is 42.5 Å². The van der Waals surface area contributed by atoms with Crippen LogP contribution < -0.4 is 10.6 Å². The van der Waals surface area contributed by atoms with Gasteiger partial charge in [0, 0.05) is 32.3 Å². The lowest BCUT2D eigenvalue weighted by molar-refractivity contribution is 0.0927. The van der Waals surface area contributed by atoms with Gasteiger partial charge in [-0.3, -0.25) is 9.59 Å². The van der Waals surface area contributed by atoms with E-state index in [2.05, 4.69) is 33.2 Å². The summed E-state index contributed by atoms with van der Waals surface area (Å²) in [5, 5.41) is 6.64. The number of halogens is 3. The van der Waals surface area contributed by atoms with Gasteiger partial charge in [-0.05, 0) is 65.1 Å². The number of nitrogens with one attached hydrogen (secondary N) is 2. The molecule has 2 N–H and O–H groups in total. The molecule has 7 heteroatoms. The average molecular weight is 463 g/mol. The maximum absolute atomic E-state index is 12.0. The SMILES string of the molecule is O=C(NCCNC(=O)c1ccc(Cl)cc1I)c1ccc(Cl)cc1. The minimum atomic E-state index is -0.211. The third kappa shape index (κ3) is 5.37. The number of benzene rings is 2. The minimum Gasteiger partial charge on any atom is -0.350 e. The van der Waals surface area contributed by atoms with Crippen molar-refractivity contribution in [1.82, 2.24) is 10.6 Å². The van der Waals surface area contributed by atoms with E-state index in [0.29, 0.717) is 34.3 Å². The first-order chi connectivity index (χ1) is 11.0. The predicted molar refractivity (Wildman–Crippen MR) is 100 cm³/mol. The Morgan fingerprint density at radius 1 is 0.870 bits per heavy atom. The van der Waals surface area contributed by atoms with Gasteiger partial charge in [-0.2, -0.15) is 0 Å². The molecule has 0 fully saturated rings. The van der Waals surface area contributed by atoms with Crippen molar-refractivity contribution >= 4 is 57.6 Å². The second-order valence-corrected chi connectivity index (χ2v) is 6.68. The molecule has 0 spiro atoms. The molecule has 120 valence electrons. The van der Waals surface area contributed by atoms with Crippen molar-refractivity contribution in [3.8, 4) is 0 Å². The van der Waals surface area contributed by atoms with E-state index in [0.717, 1.165) is 3.57 Å². The molecule has 2 amide bonds. The van der Waals surface area contributed by atoms with E-state index >= 15 is 0 Å². The first-order valence-electron chi connectivity index (χ1n) is 6.74. The lowest BCUT2D eigenvalue weighted by Crippen LogP contribution is -2.34. The molecule has 0 saturated heterocycles. The highest BCUT2D eigenvalue weighted by Crippen LogP contribution is 2.17. The first-order valence-corrected chi connectivity index (χ1v) is 8.58. The summed E-state index contributed by atoms with van der Waals surface area (Å²) >= 11 is 13.7. The van der Waals surface area contributed by atoms with Crippen molar-refractivity contribution in [2.24, 2.45) is 0 Å². The lowest BCUT2D eigenvalue weighted by Gasteiger charge is -2.08. The van der Waals surface area contributed by atoms with Crippen molar-refractivity contribution < 1.29 is 9.59 Å². The summed E-state index contributed by atoms with van der Waals surface area (Å²) in [6.45, 7) is 0.661. The molecule has 2 rings (SSSR count). The van der Waals surface area contributed by atoms with Gasteiger partial charge >= 0.3 is 0 Å². The Bertz CT molecular complexity index is 721. The van der Waals surface area contributed by atoms with Crippen LogP contribution in [0.25, 0.3) is 0 Å². The van der Waals surface area contributed by atoms with E-state index in [9.17, 15) is 9.59 Å². The summed E-state index contributed by atoms with van der Waals surface area (Å²) in [6.07, 6.45) is 0. The molecule has 0 saturated carbocycles. The number of amides is 2. The summed E-state index contributed by atoms with van der Waals surface area (Å²) in [5.41, 5.74) is 1.08. The van der Waals surface area contributed by atoms with Gasteiger partial charge in [0.05, 0.1) is 5.56 Å². The summed E-state index contributed by atoms with van der Waals surface area (Å²) in [6, 6.07) is 11.7. The van der Waals surface area contributed by atoms with E-state index in [-0.39, 0.29) is 11.8 Å². The van der Waals surface area contributed by atoms with Crippen molar-refractivity contribution in [3.05, 3.63) is 67.2 Å². The van der Waals surface area contributed by atoms with E-state index in [1.54, 1.807) is 42.5 Å². The molecular weight excluding hydrogens is 450 g/mol. The fourth-order valence-corrected chi connectivity index (χ4v) is 3.07. The Morgan fingerprint density at radius 3 is 2.04 bits per heavy atom. The Labute approximate surface area is 157 Å². The molecule has 0 radical (unpaired) electrons. The summed E-state index contributed by atoms with van der Waals surface area (Å²) in [4.78, 5) is 23.9. The topological polar surface area (TPSA) is 58.2 Å². The molecule has 0 aliphatic heterocycles. The minimum absolute atomic E-state index is 0.202. The van der Waals surface area contributed by atoms with Gasteiger partial charge in [0.15, 0.2) is 0 Å². The van der Waals surface area contributed by atoms with Crippen molar-refractivity contribution in [3.63, 3.8) is 0 Å². The second-order valence-electron chi connectivity index (χ2n) is 4.64. The quantitative estimate of drug-likeness (QED) is 0.525. The van der Waals surface area contributed by atoms with Gasteiger partial charge in [0.2, 0.25) is 0 Å². The summed E-state index contributed by atoms with van der Waals surface area (Å²) < 4.78 is 0.776. The zero-order chi connectivity index (χ0) is 16.8. The van der Waals surface area contributed by atoms with Gasteiger partial charge < -0.3 is 10.6 Å². The molecule has 0 heterocycles. The molecule has 23 heavy (non-hydrogen) atoms. The molecule has 2 aromatic rings. The van der Waals surface area contributed by atoms with Crippen LogP contribution in [0.1, 0.15) is 20.7 Å². The van der Waals surface area contributed by atoms with Crippen molar-refractivity contribution in [2.75, 3.05) is 13.1 Å². The first kappa shape index (κ1) is 18.0. The number of carbonyl (C=O) groups is 2. The summed E-state index contributed by atoms with van der Waals surface area (Å²) in [7, 11) is 0. The van der Waals surface area contributed by atoms with Crippen LogP contribution in [0, 0.1) is 3.57 Å². The molecule has 0 aliphatic carbocycles. The number of hydrogen-bond donors (Lipinski definition) is 2. The van der Waals surface area contributed by atoms with E-state index in [4.69, 9.17) is 23.2 Å². The highest BCUT2D eigenvalue weighted by atomic mass is 127. The molecular formula is C16H13Cl2IN2O2. The molecule has 4 nitrogen and oxygen atoms in total. The normalized spacial score (nSPS) is 10.2. The summed E-state index contributed by atoms with van der Waals surface area (Å²) in [5.74, 6) is -0.413.